The van der Waals surface area contributed by atoms with Gasteiger partial charge >= 0.3 is 0 Å². The van der Waals surface area contributed by atoms with Crippen molar-refractivity contribution in [3.63, 3.8) is 0 Å². The van der Waals surface area contributed by atoms with Crippen LogP contribution < -0.4 is 10.6 Å². The van der Waals surface area contributed by atoms with Gasteiger partial charge in [0.05, 0.1) is 6.04 Å². The van der Waals surface area contributed by atoms with Crippen LogP contribution in [0.4, 0.5) is 0 Å². The van der Waals surface area contributed by atoms with E-state index in [9.17, 15) is 9.59 Å². The zero-order valence-corrected chi connectivity index (χ0v) is 10.5. The molecule has 4 nitrogen and oxygen atoms in total. The van der Waals surface area contributed by atoms with Crippen LogP contribution in [0.1, 0.15) is 44.9 Å². The highest BCUT2D eigenvalue weighted by Crippen LogP contribution is 2.39. The van der Waals surface area contributed by atoms with Crippen molar-refractivity contribution in [1.29, 1.82) is 0 Å². The normalized spacial score (nSPS) is 29.0. The summed E-state index contributed by atoms with van der Waals surface area (Å²) in [5.41, 5.74) is 0.0567. The number of nitrogens with one attached hydrogen (secondary N) is 2. The topological polar surface area (TPSA) is 58.2 Å². The van der Waals surface area contributed by atoms with Gasteiger partial charge in [0.2, 0.25) is 5.91 Å². The number of carbonyl (C=O) groups excluding carboxylic acids is 2. The number of rotatable bonds is 4. The van der Waals surface area contributed by atoms with Crippen LogP contribution >= 0.6 is 0 Å². The minimum absolute atomic E-state index is 0.00995. The predicted octanol–water partition coefficient (Wildman–Crippen LogP) is 1.00. The number of carbonyl (C=O) groups is 2. The standard InChI is InChI=1S/C13H22N2O2/c1-14-11(9-16)7-10-8-13(15-12(10)17)5-3-2-4-6-13/h9-11,14H,2-8H2,1H3,(H,15,17). The Labute approximate surface area is 103 Å². The summed E-state index contributed by atoms with van der Waals surface area (Å²) in [5.74, 6) is 0.157. The Morgan fingerprint density at radius 2 is 2.18 bits per heavy atom. The largest absolute Gasteiger partial charge is 0.350 e. The molecule has 96 valence electrons. The lowest BCUT2D eigenvalue weighted by atomic mass is 9.78. The van der Waals surface area contributed by atoms with E-state index in [4.69, 9.17) is 0 Å². The molecule has 2 atom stereocenters. The molecule has 1 heterocycles. The summed E-state index contributed by atoms with van der Waals surface area (Å²) in [6.45, 7) is 0. The molecule has 2 unspecified atom stereocenters. The van der Waals surface area contributed by atoms with E-state index >= 15 is 0 Å². The Balaban J connectivity index is 1.96. The molecule has 0 aromatic heterocycles. The molecule has 1 spiro atoms. The predicted molar refractivity (Wildman–Crippen MR) is 65.6 cm³/mol. The SMILES string of the molecule is CNC(C=O)CC1CC2(CCCCC2)NC1=O. The third kappa shape index (κ3) is 2.68. The maximum Gasteiger partial charge on any atom is 0.223 e. The maximum absolute atomic E-state index is 12.0. The van der Waals surface area contributed by atoms with Crippen LogP contribution in [-0.4, -0.2) is 30.8 Å². The lowest BCUT2D eigenvalue weighted by Crippen LogP contribution is -2.42. The van der Waals surface area contributed by atoms with Crippen LogP contribution in [0.5, 0.6) is 0 Å². The van der Waals surface area contributed by atoms with E-state index < -0.39 is 0 Å². The molecule has 17 heavy (non-hydrogen) atoms. The molecular formula is C13H22N2O2. The molecule has 1 amide bonds. The summed E-state index contributed by atoms with van der Waals surface area (Å²) >= 11 is 0. The van der Waals surface area contributed by atoms with Crippen molar-refractivity contribution in [3.05, 3.63) is 0 Å². The molecule has 0 radical (unpaired) electrons. The average molecular weight is 238 g/mol. The van der Waals surface area contributed by atoms with Crippen LogP contribution in [0.15, 0.2) is 0 Å². The molecule has 2 aliphatic rings. The molecule has 2 rings (SSSR count). The van der Waals surface area contributed by atoms with Crippen LogP contribution in [-0.2, 0) is 9.59 Å². The lowest BCUT2D eigenvalue weighted by Gasteiger charge is -2.33. The Hall–Kier alpha value is -0.900. The van der Waals surface area contributed by atoms with Crippen LogP contribution in [0, 0.1) is 5.92 Å². The Kier molecular flexibility index (Phi) is 3.82. The van der Waals surface area contributed by atoms with Crippen molar-refractivity contribution in [2.45, 2.75) is 56.5 Å². The zero-order chi connectivity index (χ0) is 12.3. The van der Waals surface area contributed by atoms with E-state index in [1.165, 1.54) is 19.3 Å². The lowest BCUT2D eigenvalue weighted by molar-refractivity contribution is -0.123. The van der Waals surface area contributed by atoms with Crippen molar-refractivity contribution >= 4 is 12.2 Å². The Morgan fingerprint density at radius 1 is 1.47 bits per heavy atom. The molecule has 2 N–H and O–H groups in total. The second kappa shape index (κ2) is 5.17. The summed E-state index contributed by atoms with van der Waals surface area (Å²) in [6, 6.07) is -0.190. The van der Waals surface area contributed by atoms with Gasteiger partial charge in [-0.15, -0.1) is 0 Å². The van der Waals surface area contributed by atoms with Gasteiger partial charge < -0.3 is 15.4 Å². The van der Waals surface area contributed by atoms with Crippen LogP contribution in [0.3, 0.4) is 0 Å². The molecule has 1 saturated carbocycles. The number of hydrogen-bond donors (Lipinski definition) is 2. The average Bonchev–Trinajstić information content (AvgIpc) is 2.63. The first-order valence-electron chi connectivity index (χ1n) is 6.64. The number of aldehydes is 1. The van der Waals surface area contributed by atoms with Gasteiger partial charge in [0.1, 0.15) is 6.29 Å². The Morgan fingerprint density at radius 3 is 2.76 bits per heavy atom. The van der Waals surface area contributed by atoms with E-state index in [0.29, 0.717) is 6.42 Å². The molecular weight excluding hydrogens is 216 g/mol. The van der Waals surface area contributed by atoms with Crippen molar-refractivity contribution in [1.82, 2.24) is 10.6 Å². The second-order valence-corrected chi connectivity index (χ2v) is 5.50. The van der Waals surface area contributed by atoms with Gasteiger partial charge in [0, 0.05) is 11.5 Å². The fraction of sp³-hybridized carbons (Fsp3) is 0.846. The van der Waals surface area contributed by atoms with Gasteiger partial charge in [0.25, 0.3) is 0 Å². The van der Waals surface area contributed by atoms with Crippen molar-refractivity contribution in [2.24, 2.45) is 5.92 Å². The molecule has 0 aromatic rings. The molecule has 1 saturated heterocycles. The summed E-state index contributed by atoms with van der Waals surface area (Å²) < 4.78 is 0. The smallest absolute Gasteiger partial charge is 0.223 e. The fourth-order valence-corrected chi connectivity index (χ4v) is 3.27. The van der Waals surface area contributed by atoms with E-state index in [0.717, 1.165) is 25.5 Å². The first-order chi connectivity index (χ1) is 8.19. The van der Waals surface area contributed by atoms with Gasteiger partial charge in [0.15, 0.2) is 0 Å². The molecule has 4 heteroatoms. The van der Waals surface area contributed by atoms with Gasteiger partial charge in [-0.3, -0.25) is 4.79 Å². The summed E-state index contributed by atoms with van der Waals surface area (Å²) in [4.78, 5) is 22.8. The monoisotopic (exact) mass is 238 g/mol. The molecule has 1 aliphatic heterocycles. The minimum Gasteiger partial charge on any atom is -0.350 e. The molecule has 2 fully saturated rings. The van der Waals surface area contributed by atoms with Gasteiger partial charge in [-0.2, -0.15) is 0 Å². The van der Waals surface area contributed by atoms with E-state index in [2.05, 4.69) is 10.6 Å². The van der Waals surface area contributed by atoms with Gasteiger partial charge in [-0.05, 0) is 32.7 Å². The van der Waals surface area contributed by atoms with Gasteiger partial charge in [-0.25, -0.2) is 0 Å². The van der Waals surface area contributed by atoms with Crippen LogP contribution in [0.25, 0.3) is 0 Å². The first-order valence-corrected chi connectivity index (χ1v) is 6.64. The summed E-state index contributed by atoms with van der Waals surface area (Å²) in [6.07, 6.45) is 8.40. The third-order valence-electron chi connectivity index (χ3n) is 4.28. The minimum atomic E-state index is -0.190. The second-order valence-electron chi connectivity index (χ2n) is 5.50. The number of amides is 1. The fourth-order valence-electron chi connectivity index (χ4n) is 3.27. The zero-order valence-electron chi connectivity index (χ0n) is 10.5. The van der Waals surface area contributed by atoms with E-state index in [1.807, 2.05) is 0 Å². The quantitative estimate of drug-likeness (QED) is 0.718. The van der Waals surface area contributed by atoms with Crippen molar-refractivity contribution in [2.75, 3.05) is 7.05 Å². The maximum atomic E-state index is 12.0. The van der Waals surface area contributed by atoms with E-state index in [-0.39, 0.29) is 23.4 Å². The highest BCUT2D eigenvalue weighted by Gasteiger charge is 2.44. The van der Waals surface area contributed by atoms with E-state index in [1.54, 1.807) is 7.05 Å². The Bertz CT molecular complexity index is 298. The molecule has 0 bridgehead atoms. The molecule has 0 aromatic carbocycles. The summed E-state index contributed by atoms with van der Waals surface area (Å²) in [7, 11) is 1.77. The number of hydrogen-bond acceptors (Lipinski definition) is 3. The highest BCUT2D eigenvalue weighted by atomic mass is 16.2. The van der Waals surface area contributed by atoms with Crippen LogP contribution in [0.2, 0.25) is 0 Å². The highest BCUT2D eigenvalue weighted by molar-refractivity contribution is 5.82. The number of likely N-dealkylation sites (N-methyl/N-ethyl adjacent to an activating group) is 1. The van der Waals surface area contributed by atoms with Gasteiger partial charge in [-0.1, -0.05) is 19.3 Å². The van der Waals surface area contributed by atoms with Crippen molar-refractivity contribution in [3.8, 4) is 0 Å². The van der Waals surface area contributed by atoms with Crippen molar-refractivity contribution < 1.29 is 9.59 Å². The molecule has 1 aliphatic carbocycles. The first kappa shape index (κ1) is 12.6. The summed E-state index contributed by atoms with van der Waals surface area (Å²) in [5, 5.41) is 6.13. The third-order valence-corrected chi connectivity index (χ3v) is 4.28.